The third kappa shape index (κ3) is 1.91. The summed E-state index contributed by atoms with van der Waals surface area (Å²) in [6.07, 6.45) is 2.97. The second-order valence-corrected chi connectivity index (χ2v) is 6.53. The average molecular weight is 294 g/mol. The smallest absolute Gasteiger partial charge is 0.228 e. The van der Waals surface area contributed by atoms with E-state index in [0.29, 0.717) is 24.6 Å². The normalized spacial score (nSPS) is 32.9. The van der Waals surface area contributed by atoms with Crippen molar-refractivity contribution in [3.05, 3.63) is 5.51 Å². The average Bonchev–Trinajstić information content (AvgIpc) is 3.21. The number of ether oxygens (including phenoxy) is 1. The summed E-state index contributed by atoms with van der Waals surface area (Å²) < 4.78 is 5.35. The van der Waals surface area contributed by atoms with Crippen LogP contribution in [-0.2, 0) is 9.53 Å². The third-order valence-electron chi connectivity index (χ3n) is 4.73. The Morgan fingerprint density at radius 3 is 2.95 bits per heavy atom. The van der Waals surface area contributed by atoms with Crippen molar-refractivity contribution in [1.29, 1.82) is 0 Å². The fourth-order valence-electron chi connectivity index (χ4n) is 3.75. The van der Waals surface area contributed by atoms with Crippen molar-refractivity contribution in [2.75, 3.05) is 31.2 Å². The topological polar surface area (TPSA) is 58.6 Å². The van der Waals surface area contributed by atoms with Gasteiger partial charge in [0, 0.05) is 19.7 Å². The van der Waals surface area contributed by atoms with Crippen LogP contribution in [0.2, 0.25) is 0 Å². The van der Waals surface area contributed by atoms with Crippen LogP contribution in [0.25, 0.3) is 0 Å². The molecule has 4 rings (SSSR count). The minimum absolute atomic E-state index is 0.0873. The first-order valence-corrected chi connectivity index (χ1v) is 8.13. The maximum Gasteiger partial charge on any atom is 0.228 e. The van der Waals surface area contributed by atoms with E-state index in [0.717, 1.165) is 44.1 Å². The molecular weight excluding hydrogens is 276 g/mol. The predicted octanol–water partition coefficient (Wildman–Crippen LogP) is 0.754. The maximum absolute atomic E-state index is 12.6. The summed E-state index contributed by atoms with van der Waals surface area (Å²) in [6.45, 7) is 3.19. The lowest BCUT2D eigenvalue weighted by Crippen LogP contribution is -2.42. The summed E-state index contributed by atoms with van der Waals surface area (Å²) in [5.41, 5.74) is 1.77. The van der Waals surface area contributed by atoms with Crippen molar-refractivity contribution in [2.45, 2.75) is 31.3 Å². The molecule has 0 spiro atoms. The molecule has 0 bridgehead atoms. The van der Waals surface area contributed by atoms with E-state index in [-0.39, 0.29) is 5.92 Å². The van der Waals surface area contributed by atoms with Gasteiger partial charge in [0.1, 0.15) is 5.51 Å². The molecule has 0 saturated carbocycles. The minimum Gasteiger partial charge on any atom is -0.381 e. The van der Waals surface area contributed by atoms with Crippen LogP contribution in [0.4, 0.5) is 5.13 Å². The van der Waals surface area contributed by atoms with Gasteiger partial charge in [0.2, 0.25) is 11.0 Å². The first-order chi connectivity index (χ1) is 9.84. The van der Waals surface area contributed by atoms with Crippen molar-refractivity contribution in [3.63, 3.8) is 0 Å². The van der Waals surface area contributed by atoms with Crippen LogP contribution in [0.5, 0.6) is 0 Å². The van der Waals surface area contributed by atoms with Gasteiger partial charge in [0.05, 0.1) is 24.6 Å². The van der Waals surface area contributed by atoms with E-state index in [1.165, 1.54) is 0 Å². The maximum atomic E-state index is 12.6. The van der Waals surface area contributed by atoms with Crippen LogP contribution < -0.4 is 4.90 Å². The standard InChI is InChI=1S/C13H18N4O2S/c18-12(9-3-6-19-7-9)16-4-1-11-10(16)2-5-17(11)13-15-14-8-20-13/h8-11H,1-7H2/t9-,10+,11-/m0/s1. The molecule has 108 valence electrons. The second kappa shape index (κ2) is 4.96. The number of likely N-dealkylation sites (tertiary alicyclic amines) is 1. The van der Waals surface area contributed by atoms with Gasteiger partial charge in [-0.15, -0.1) is 10.2 Å². The number of nitrogens with zero attached hydrogens (tertiary/aromatic N) is 4. The highest BCUT2D eigenvalue weighted by atomic mass is 32.1. The van der Waals surface area contributed by atoms with Gasteiger partial charge in [-0.2, -0.15) is 0 Å². The lowest BCUT2D eigenvalue weighted by Gasteiger charge is -2.26. The molecule has 3 atom stereocenters. The molecule has 1 aromatic heterocycles. The summed E-state index contributed by atoms with van der Waals surface area (Å²) in [6, 6.07) is 0.779. The van der Waals surface area contributed by atoms with Gasteiger partial charge in [-0.1, -0.05) is 11.3 Å². The third-order valence-corrected chi connectivity index (χ3v) is 5.46. The number of hydrogen-bond donors (Lipinski definition) is 0. The summed E-state index contributed by atoms with van der Waals surface area (Å²) in [4.78, 5) is 17.0. The fraction of sp³-hybridized carbons (Fsp3) is 0.769. The van der Waals surface area contributed by atoms with Gasteiger partial charge in [0.25, 0.3) is 0 Å². The molecule has 0 radical (unpaired) electrons. The first-order valence-electron chi connectivity index (χ1n) is 7.25. The molecule has 1 amide bonds. The Morgan fingerprint density at radius 2 is 2.20 bits per heavy atom. The molecular formula is C13H18N4O2S. The first kappa shape index (κ1) is 12.5. The van der Waals surface area contributed by atoms with Crippen LogP contribution in [0.1, 0.15) is 19.3 Å². The van der Waals surface area contributed by atoms with Gasteiger partial charge in [0.15, 0.2) is 0 Å². The van der Waals surface area contributed by atoms with Gasteiger partial charge < -0.3 is 14.5 Å². The Labute approximate surface area is 121 Å². The fourth-order valence-corrected chi connectivity index (χ4v) is 4.40. The summed E-state index contributed by atoms with van der Waals surface area (Å²) in [7, 11) is 0. The predicted molar refractivity (Wildman–Crippen MR) is 74.7 cm³/mol. The van der Waals surface area contributed by atoms with E-state index in [1.807, 2.05) is 0 Å². The molecule has 3 aliphatic rings. The molecule has 3 fully saturated rings. The van der Waals surface area contributed by atoms with Crippen molar-refractivity contribution < 1.29 is 9.53 Å². The zero-order valence-electron chi connectivity index (χ0n) is 11.3. The zero-order chi connectivity index (χ0) is 13.5. The van der Waals surface area contributed by atoms with E-state index >= 15 is 0 Å². The number of carbonyl (C=O) groups excluding carboxylic acids is 1. The highest BCUT2D eigenvalue weighted by Gasteiger charge is 2.46. The summed E-state index contributed by atoms with van der Waals surface area (Å²) in [5, 5.41) is 9.10. The Morgan fingerprint density at radius 1 is 1.30 bits per heavy atom. The van der Waals surface area contributed by atoms with Crippen LogP contribution >= 0.6 is 11.3 Å². The molecule has 0 aromatic carbocycles. The van der Waals surface area contributed by atoms with Crippen molar-refractivity contribution in [3.8, 4) is 0 Å². The second-order valence-electron chi connectivity index (χ2n) is 5.72. The lowest BCUT2D eigenvalue weighted by molar-refractivity contribution is -0.136. The van der Waals surface area contributed by atoms with E-state index in [4.69, 9.17) is 4.74 Å². The number of rotatable bonds is 2. The zero-order valence-corrected chi connectivity index (χ0v) is 12.1. The molecule has 0 unspecified atom stereocenters. The van der Waals surface area contributed by atoms with Crippen LogP contribution in [0.3, 0.4) is 0 Å². The minimum atomic E-state index is 0.0873. The van der Waals surface area contributed by atoms with E-state index in [2.05, 4.69) is 20.0 Å². The highest BCUT2D eigenvalue weighted by Crippen LogP contribution is 2.36. The molecule has 4 heterocycles. The molecule has 7 heteroatoms. The van der Waals surface area contributed by atoms with E-state index in [9.17, 15) is 4.79 Å². The SMILES string of the molecule is O=C([C@H]1CCOC1)N1CC[C@H]2[C@H]1CCN2c1nncs1. The number of amides is 1. The van der Waals surface area contributed by atoms with Crippen molar-refractivity contribution in [2.24, 2.45) is 5.92 Å². The quantitative estimate of drug-likeness (QED) is 0.806. The van der Waals surface area contributed by atoms with Crippen LogP contribution in [0, 0.1) is 5.92 Å². The largest absolute Gasteiger partial charge is 0.381 e. The van der Waals surface area contributed by atoms with Gasteiger partial charge in [-0.05, 0) is 19.3 Å². The molecule has 6 nitrogen and oxygen atoms in total. The molecule has 20 heavy (non-hydrogen) atoms. The summed E-state index contributed by atoms with van der Waals surface area (Å²) in [5.74, 6) is 0.387. The molecule has 3 aliphatic heterocycles. The van der Waals surface area contributed by atoms with Crippen molar-refractivity contribution >= 4 is 22.4 Å². The lowest BCUT2D eigenvalue weighted by atomic mass is 10.1. The number of fused-ring (bicyclic) bond motifs is 1. The Hall–Kier alpha value is -1.21. The van der Waals surface area contributed by atoms with Gasteiger partial charge in [-0.25, -0.2) is 0 Å². The number of anilines is 1. The highest BCUT2D eigenvalue weighted by molar-refractivity contribution is 7.13. The van der Waals surface area contributed by atoms with Crippen molar-refractivity contribution in [1.82, 2.24) is 15.1 Å². The molecule has 1 aromatic rings. The van der Waals surface area contributed by atoms with Gasteiger partial charge in [-0.3, -0.25) is 4.79 Å². The Kier molecular flexibility index (Phi) is 3.11. The molecule has 0 N–H and O–H groups in total. The monoisotopic (exact) mass is 294 g/mol. The number of hydrogen-bond acceptors (Lipinski definition) is 6. The molecule has 3 saturated heterocycles. The van der Waals surface area contributed by atoms with Gasteiger partial charge >= 0.3 is 0 Å². The Balaban J connectivity index is 1.49. The van der Waals surface area contributed by atoms with Crippen LogP contribution in [0.15, 0.2) is 5.51 Å². The number of carbonyl (C=O) groups is 1. The van der Waals surface area contributed by atoms with E-state index < -0.39 is 0 Å². The Bertz CT molecular complexity index is 489. The van der Waals surface area contributed by atoms with Crippen LogP contribution in [-0.4, -0.2) is 59.4 Å². The van der Waals surface area contributed by atoms with E-state index in [1.54, 1.807) is 16.8 Å². The number of aromatic nitrogens is 2. The summed E-state index contributed by atoms with van der Waals surface area (Å²) >= 11 is 1.58. The molecule has 0 aliphatic carbocycles.